The molecule has 1 N–H and O–H groups in total. The van der Waals surface area contributed by atoms with Crippen molar-refractivity contribution >= 4 is 5.97 Å². The summed E-state index contributed by atoms with van der Waals surface area (Å²) in [5.41, 5.74) is 0. The molecule has 1 aliphatic heterocycles. The van der Waals surface area contributed by atoms with E-state index in [4.69, 9.17) is 5.11 Å². The molecule has 0 radical (unpaired) electrons. The fourth-order valence-electron chi connectivity index (χ4n) is 2.32. The Morgan fingerprint density at radius 1 is 1.56 bits per heavy atom. The molecule has 18 heavy (non-hydrogen) atoms. The van der Waals surface area contributed by atoms with E-state index in [1.54, 1.807) is 4.68 Å². The van der Waals surface area contributed by atoms with Gasteiger partial charge < -0.3 is 5.11 Å². The first-order chi connectivity index (χ1) is 8.70. The summed E-state index contributed by atoms with van der Waals surface area (Å²) in [6.07, 6.45) is 2.67. The van der Waals surface area contributed by atoms with Gasteiger partial charge in [-0.25, -0.2) is 4.68 Å². The smallest absolute Gasteiger partial charge is 0.307 e. The van der Waals surface area contributed by atoms with Crippen LogP contribution in [0.5, 0.6) is 0 Å². The monoisotopic (exact) mass is 253 g/mol. The van der Waals surface area contributed by atoms with Gasteiger partial charge in [-0.3, -0.25) is 9.69 Å². The van der Waals surface area contributed by atoms with Crippen molar-refractivity contribution in [3.63, 3.8) is 0 Å². The van der Waals surface area contributed by atoms with Gasteiger partial charge in [0.15, 0.2) is 5.82 Å². The molecule has 1 aromatic heterocycles. The average Bonchev–Trinajstić information content (AvgIpc) is 2.77. The molecular weight excluding hydrogens is 234 g/mol. The quantitative estimate of drug-likeness (QED) is 0.816. The Labute approximate surface area is 106 Å². The fraction of sp³-hybridized carbons (Fsp3) is 0.818. The van der Waals surface area contributed by atoms with Gasteiger partial charge >= 0.3 is 5.97 Å². The molecule has 2 heterocycles. The highest BCUT2D eigenvalue weighted by Crippen LogP contribution is 2.18. The van der Waals surface area contributed by atoms with Crippen molar-refractivity contribution in [1.82, 2.24) is 25.1 Å². The van der Waals surface area contributed by atoms with Gasteiger partial charge in [0.25, 0.3) is 0 Å². The van der Waals surface area contributed by atoms with E-state index in [-0.39, 0.29) is 5.92 Å². The summed E-state index contributed by atoms with van der Waals surface area (Å²) in [7, 11) is 0. The Bertz CT molecular complexity index is 406. The van der Waals surface area contributed by atoms with Crippen LogP contribution in [0.4, 0.5) is 0 Å². The summed E-state index contributed by atoms with van der Waals surface area (Å²) in [6, 6.07) is 0. The highest BCUT2D eigenvalue weighted by atomic mass is 16.4. The topological polar surface area (TPSA) is 84.1 Å². The number of aryl methyl sites for hydroxylation is 1. The normalized spacial score (nSPS) is 21.1. The molecule has 0 aliphatic carbocycles. The van der Waals surface area contributed by atoms with Crippen LogP contribution in [-0.4, -0.2) is 49.3 Å². The number of carbonyl (C=O) groups is 1. The van der Waals surface area contributed by atoms with Crippen LogP contribution in [0.25, 0.3) is 0 Å². The van der Waals surface area contributed by atoms with Gasteiger partial charge in [0, 0.05) is 13.1 Å². The molecule has 0 saturated carbocycles. The number of piperidine rings is 1. The first-order valence-electron chi connectivity index (χ1n) is 6.41. The molecular formula is C11H19N5O2. The number of carboxylic acid groups (broad SMARTS) is 1. The second-order valence-corrected chi connectivity index (χ2v) is 4.73. The van der Waals surface area contributed by atoms with Crippen molar-refractivity contribution in [2.24, 2.45) is 5.92 Å². The number of rotatable bonds is 5. The molecule has 2 rings (SSSR count). The van der Waals surface area contributed by atoms with Crippen LogP contribution in [0, 0.1) is 5.92 Å². The first-order valence-corrected chi connectivity index (χ1v) is 6.41. The Morgan fingerprint density at radius 2 is 2.39 bits per heavy atom. The minimum absolute atomic E-state index is 0.255. The number of hydrogen-bond acceptors (Lipinski definition) is 5. The molecule has 1 aromatic rings. The third kappa shape index (κ3) is 3.04. The summed E-state index contributed by atoms with van der Waals surface area (Å²) >= 11 is 0. The van der Waals surface area contributed by atoms with Crippen LogP contribution < -0.4 is 0 Å². The maximum absolute atomic E-state index is 11.0. The Balaban J connectivity index is 1.96. The van der Waals surface area contributed by atoms with Gasteiger partial charge in [0.1, 0.15) is 0 Å². The molecule has 1 aliphatic rings. The summed E-state index contributed by atoms with van der Waals surface area (Å²) in [4.78, 5) is 13.1. The van der Waals surface area contributed by atoms with Gasteiger partial charge in [0.05, 0.1) is 12.5 Å². The molecule has 1 atom stereocenters. The van der Waals surface area contributed by atoms with Crippen molar-refractivity contribution in [3.05, 3.63) is 5.82 Å². The van der Waals surface area contributed by atoms with Crippen LogP contribution in [0.1, 0.15) is 32.0 Å². The maximum atomic E-state index is 11.0. The third-order valence-corrected chi connectivity index (χ3v) is 3.26. The van der Waals surface area contributed by atoms with Crippen LogP contribution in [0.3, 0.4) is 0 Å². The van der Waals surface area contributed by atoms with Gasteiger partial charge in [-0.15, -0.1) is 5.10 Å². The molecule has 0 aromatic carbocycles. The lowest BCUT2D eigenvalue weighted by Crippen LogP contribution is -2.38. The number of hydrogen-bond donors (Lipinski definition) is 1. The van der Waals surface area contributed by atoms with Crippen molar-refractivity contribution in [3.8, 4) is 0 Å². The summed E-state index contributed by atoms with van der Waals surface area (Å²) in [5, 5.41) is 20.7. The molecule has 7 nitrogen and oxygen atoms in total. The summed E-state index contributed by atoms with van der Waals surface area (Å²) < 4.78 is 1.80. The van der Waals surface area contributed by atoms with Crippen LogP contribution >= 0.6 is 0 Å². The number of nitrogens with zero attached hydrogens (tertiary/aromatic N) is 5. The molecule has 0 spiro atoms. The Kier molecular flexibility index (Phi) is 4.24. The largest absolute Gasteiger partial charge is 0.481 e. The van der Waals surface area contributed by atoms with Gasteiger partial charge in [-0.2, -0.15) is 0 Å². The van der Waals surface area contributed by atoms with Crippen LogP contribution in [-0.2, 0) is 17.9 Å². The maximum Gasteiger partial charge on any atom is 0.307 e. The highest BCUT2D eigenvalue weighted by Gasteiger charge is 2.26. The van der Waals surface area contributed by atoms with Crippen molar-refractivity contribution in [2.45, 2.75) is 39.3 Å². The molecule has 1 saturated heterocycles. The number of carboxylic acids is 1. The lowest BCUT2D eigenvalue weighted by Gasteiger charge is -2.29. The van der Waals surface area contributed by atoms with Gasteiger partial charge in [0.2, 0.25) is 0 Å². The van der Waals surface area contributed by atoms with E-state index in [0.717, 1.165) is 38.2 Å². The third-order valence-electron chi connectivity index (χ3n) is 3.26. The number of tetrazole rings is 1. The number of aliphatic carboxylic acids is 1. The van der Waals surface area contributed by atoms with Crippen LogP contribution in [0.2, 0.25) is 0 Å². The zero-order valence-corrected chi connectivity index (χ0v) is 10.6. The first kappa shape index (κ1) is 12.9. The molecule has 1 fully saturated rings. The standard InChI is InChI=1S/C11H19N5O2/c1-2-5-16-10(12-13-14-16)8-15-6-3-4-9(7-15)11(17)18/h9H,2-8H2,1H3,(H,17,18). The summed E-state index contributed by atoms with van der Waals surface area (Å²) in [6.45, 7) is 5.03. The van der Waals surface area contributed by atoms with Crippen molar-refractivity contribution in [2.75, 3.05) is 13.1 Å². The zero-order chi connectivity index (χ0) is 13.0. The van der Waals surface area contributed by atoms with Crippen molar-refractivity contribution in [1.29, 1.82) is 0 Å². The van der Waals surface area contributed by atoms with Gasteiger partial charge in [-0.05, 0) is 36.2 Å². The van der Waals surface area contributed by atoms with E-state index in [1.165, 1.54) is 0 Å². The predicted molar refractivity (Wildman–Crippen MR) is 63.7 cm³/mol. The van der Waals surface area contributed by atoms with E-state index in [2.05, 4.69) is 27.3 Å². The van der Waals surface area contributed by atoms with E-state index in [1.807, 2.05) is 0 Å². The van der Waals surface area contributed by atoms with E-state index in [9.17, 15) is 4.79 Å². The van der Waals surface area contributed by atoms with E-state index >= 15 is 0 Å². The molecule has 0 bridgehead atoms. The number of aromatic nitrogens is 4. The van der Waals surface area contributed by atoms with E-state index in [0.29, 0.717) is 13.1 Å². The van der Waals surface area contributed by atoms with Gasteiger partial charge in [-0.1, -0.05) is 6.92 Å². The average molecular weight is 253 g/mol. The SMILES string of the molecule is CCCn1nnnc1CN1CCCC(C(=O)O)C1. The van der Waals surface area contributed by atoms with E-state index < -0.39 is 5.97 Å². The lowest BCUT2D eigenvalue weighted by atomic mass is 9.98. The molecule has 1 unspecified atom stereocenters. The fourth-order valence-corrected chi connectivity index (χ4v) is 2.32. The second-order valence-electron chi connectivity index (χ2n) is 4.73. The number of likely N-dealkylation sites (tertiary alicyclic amines) is 1. The van der Waals surface area contributed by atoms with Crippen molar-refractivity contribution < 1.29 is 9.90 Å². The Morgan fingerprint density at radius 3 is 3.11 bits per heavy atom. The molecule has 7 heteroatoms. The summed E-state index contributed by atoms with van der Waals surface area (Å²) in [5.74, 6) is -0.134. The zero-order valence-electron chi connectivity index (χ0n) is 10.6. The predicted octanol–water partition coefficient (Wildman–Crippen LogP) is 0.380. The minimum Gasteiger partial charge on any atom is -0.481 e. The second kappa shape index (κ2) is 5.90. The highest BCUT2D eigenvalue weighted by molar-refractivity contribution is 5.70. The minimum atomic E-state index is -0.701. The molecule has 0 amide bonds. The Hall–Kier alpha value is -1.50. The van der Waals surface area contributed by atoms with Crippen LogP contribution in [0.15, 0.2) is 0 Å². The lowest BCUT2D eigenvalue weighted by molar-refractivity contribution is -0.143. The molecule has 100 valence electrons.